The van der Waals surface area contributed by atoms with Crippen molar-refractivity contribution >= 4 is 18.2 Å². The van der Waals surface area contributed by atoms with Gasteiger partial charge in [0.25, 0.3) is 0 Å². The van der Waals surface area contributed by atoms with Gasteiger partial charge >= 0.3 is 18.2 Å². The van der Waals surface area contributed by atoms with Gasteiger partial charge in [-0.05, 0) is 48.6 Å². The Balaban J connectivity index is 1.35. The maximum atomic E-state index is 13.5. The Hall–Kier alpha value is -4.33. The smallest absolute Gasteiger partial charge is 0.410 e. The highest BCUT2D eigenvalue weighted by molar-refractivity contribution is 5.88. The first-order chi connectivity index (χ1) is 19.1. The highest BCUT2D eigenvalue weighted by Crippen LogP contribution is 2.45. The predicted octanol–water partition coefficient (Wildman–Crippen LogP) is 5.46. The van der Waals surface area contributed by atoms with Crippen LogP contribution in [0, 0.1) is 5.92 Å². The third-order valence-electron chi connectivity index (χ3n) is 7.69. The van der Waals surface area contributed by atoms with Gasteiger partial charge in [-0.25, -0.2) is 14.4 Å². The molecule has 0 radical (unpaired) electrons. The molecule has 208 valence electrons. The summed E-state index contributed by atoms with van der Waals surface area (Å²) in [6.45, 7) is 5.53. The number of aliphatic carboxylic acids is 1. The minimum absolute atomic E-state index is 0.0429. The van der Waals surface area contributed by atoms with Crippen LogP contribution in [0.1, 0.15) is 43.4 Å². The standard InChI is InChI=1S/C32H34N2O6/c1-31(2,3)40-29(37)33-18-22-19-34(32(22,28(35)36)17-21-11-5-4-6-12-21)30(38)39-20-27-25-15-9-7-13-23(25)24-14-8-10-16-26(24)27/h4-16,22,27H,17-20H2,1-3H3,(H,33,37)(H,35,36)/t22?,32-/m1/s1. The van der Waals surface area contributed by atoms with Gasteiger partial charge in [0.05, 0.1) is 0 Å². The fourth-order valence-electron chi connectivity index (χ4n) is 5.82. The van der Waals surface area contributed by atoms with Crippen LogP contribution < -0.4 is 5.32 Å². The van der Waals surface area contributed by atoms with E-state index in [1.165, 1.54) is 4.90 Å². The van der Waals surface area contributed by atoms with Gasteiger partial charge in [0, 0.05) is 31.3 Å². The summed E-state index contributed by atoms with van der Waals surface area (Å²) in [6.07, 6.45) is -1.24. The number of carbonyl (C=O) groups excluding carboxylic acids is 2. The molecule has 2 amide bonds. The fourth-order valence-corrected chi connectivity index (χ4v) is 5.82. The second-order valence-corrected chi connectivity index (χ2v) is 11.4. The molecule has 1 heterocycles. The molecule has 8 heteroatoms. The zero-order valence-electron chi connectivity index (χ0n) is 22.9. The van der Waals surface area contributed by atoms with Gasteiger partial charge in [-0.3, -0.25) is 4.90 Å². The van der Waals surface area contributed by atoms with E-state index in [9.17, 15) is 19.5 Å². The van der Waals surface area contributed by atoms with Crippen molar-refractivity contribution in [3.63, 3.8) is 0 Å². The first kappa shape index (κ1) is 27.2. The minimum Gasteiger partial charge on any atom is -0.479 e. The van der Waals surface area contributed by atoms with E-state index in [1.54, 1.807) is 20.8 Å². The zero-order valence-corrected chi connectivity index (χ0v) is 22.9. The lowest BCUT2D eigenvalue weighted by atomic mass is 9.70. The van der Waals surface area contributed by atoms with Crippen LogP contribution in [0.25, 0.3) is 11.1 Å². The molecule has 8 nitrogen and oxygen atoms in total. The van der Waals surface area contributed by atoms with Crippen molar-refractivity contribution in [3.05, 3.63) is 95.6 Å². The maximum Gasteiger partial charge on any atom is 0.410 e. The third kappa shape index (κ3) is 5.13. The normalized spacial score (nSPS) is 19.7. The number of amides is 2. The quantitative estimate of drug-likeness (QED) is 0.411. The average Bonchev–Trinajstić information content (AvgIpc) is 3.23. The van der Waals surface area contributed by atoms with Gasteiger partial charge in [0.2, 0.25) is 0 Å². The Morgan fingerprint density at radius 3 is 2.08 bits per heavy atom. The van der Waals surface area contributed by atoms with Crippen molar-refractivity contribution in [2.24, 2.45) is 5.92 Å². The number of fused-ring (bicyclic) bond motifs is 3. The lowest BCUT2D eigenvalue weighted by Crippen LogP contribution is -2.75. The first-order valence-electron chi connectivity index (χ1n) is 13.5. The van der Waals surface area contributed by atoms with Crippen LogP contribution in [0.2, 0.25) is 0 Å². The Kier molecular flexibility index (Phi) is 7.27. The van der Waals surface area contributed by atoms with E-state index >= 15 is 0 Å². The van der Waals surface area contributed by atoms with Gasteiger partial charge in [0.1, 0.15) is 12.2 Å². The molecular formula is C32H34N2O6. The number of carboxylic acids is 1. The Morgan fingerprint density at radius 1 is 0.925 bits per heavy atom. The molecule has 0 spiro atoms. The van der Waals surface area contributed by atoms with Crippen molar-refractivity contribution in [1.29, 1.82) is 0 Å². The Bertz CT molecular complexity index is 1370. The summed E-state index contributed by atoms with van der Waals surface area (Å²) >= 11 is 0. The van der Waals surface area contributed by atoms with E-state index in [-0.39, 0.29) is 32.0 Å². The number of alkyl carbamates (subject to hydrolysis) is 1. The second kappa shape index (κ2) is 10.7. The van der Waals surface area contributed by atoms with Gasteiger partial charge in [-0.1, -0.05) is 78.9 Å². The average molecular weight is 543 g/mol. The van der Waals surface area contributed by atoms with Gasteiger partial charge < -0.3 is 19.9 Å². The van der Waals surface area contributed by atoms with E-state index in [0.717, 1.165) is 27.8 Å². The third-order valence-corrected chi connectivity index (χ3v) is 7.69. The molecule has 0 saturated carbocycles. The van der Waals surface area contributed by atoms with Crippen LogP contribution in [0.4, 0.5) is 9.59 Å². The lowest BCUT2D eigenvalue weighted by molar-refractivity contribution is -0.168. The number of hydrogen-bond acceptors (Lipinski definition) is 5. The molecule has 1 aliphatic heterocycles. The summed E-state index contributed by atoms with van der Waals surface area (Å²) in [5.41, 5.74) is 2.87. The number of benzene rings is 3. The molecule has 1 unspecified atom stereocenters. The first-order valence-corrected chi connectivity index (χ1v) is 13.5. The molecule has 2 atom stereocenters. The van der Waals surface area contributed by atoms with Gasteiger partial charge in [-0.15, -0.1) is 0 Å². The van der Waals surface area contributed by atoms with E-state index in [0.29, 0.717) is 0 Å². The summed E-state index contributed by atoms with van der Waals surface area (Å²) in [6, 6.07) is 25.3. The number of carbonyl (C=O) groups is 3. The number of nitrogens with one attached hydrogen (secondary N) is 1. The number of rotatable bonds is 7. The van der Waals surface area contributed by atoms with Crippen LogP contribution >= 0.6 is 0 Å². The summed E-state index contributed by atoms with van der Waals surface area (Å²) in [7, 11) is 0. The van der Waals surface area contributed by atoms with E-state index in [1.807, 2.05) is 66.7 Å². The number of hydrogen-bond donors (Lipinski definition) is 2. The Labute approximate surface area is 233 Å². The molecule has 3 aromatic rings. The Morgan fingerprint density at radius 2 is 1.50 bits per heavy atom. The topological polar surface area (TPSA) is 105 Å². The molecule has 40 heavy (non-hydrogen) atoms. The summed E-state index contributed by atoms with van der Waals surface area (Å²) in [5.74, 6) is -1.83. The van der Waals surface area contributed by atoms with Crippen molar-refractivity contribution in [2.75, 3.05) is 19.7 Å². The number of likely N-dealkylation sites (tertiary alicyclic amines) is 1. The van der Waals surface area contributed by atoms with Crippen molar-refractivity contribution in [1.82, 2.24) is 10.2 Å². The van der Waals surface area contributed by atoms with E-state index < -0.39 is 35.2 Å². The highest BCUT2D eigenvalue weighted by atomic mass is 16.6. The molecule has 2 aliphatic rings. The van der Waals surface area contributed by atoms with Crippen LogP contribution in [-0.4, -0.2) is 59.0 Å². The van der Waals surface area contributed by atoms with E-state index in [2.05, 4.69) is 17.4 Å². The lowest BCUT2D eigenvalue weighted by Gasteiger charge is -2.55. The largest absolute Gasteiger partial charge is 0.479 e. The number of carboxylic acid groups (broad SMARTS) is 1. The van der Waals surface area contributed by atoms with Crippen molar-refractivity contribution in [2.45, 2.75) is 44.2 Å². The molecule has 2 N–H and O–H groups in total. The van der Waals surface area contributed by atoms with E-state index in [4.69, 9.17) is 9.47 Å². The van der Waals surface area contributed by atoms with Crippen LogP contribution in [0.15, 0.2) is 78.9 Å². The summed E-state index contributed by atoms with van der Waals surface area (Å²) in [4.78, 5) is 40.0. The number of ether oxygens (including phenoxy) is 2. The van der Waals surface area contributed by atoms with Crippen molar-refractivity contribution < 1.29 is 29.0 Å². The van der Waals surface area contributed by atoms with Crippen LogP contribution in [-0.2, 0) is 20.7 Å². The van der Waals surface area contributed by atoms with Crippen LogP contribution in [0.5, 0.6) is 0 Å². The SMILES string of the molecule is CC(C)(C)OC(=O)NCC1CN(C(=O)OCC2c3ccccc3-c3ccccc32)[C@@]1(Cc1ccccc1)C(=O)O. The fraction of sp³-hybridized carbons (Fsp3) is 0.344. The molecule has 3 aromatic carbocycles. The number of nitrogens with zero attached hydrogens (tertiary/aromatic N) is 1. The zero-order chi connectivity index (χ0) is 28.5. The maximum absolute atomic E-state index is 13.5. The minimum atomic E-state index is -1.58. The predicted molar refractivity (Wildman–Crippen MR) is 150 cm³/mol. The summed E-state index contributed by atoms with van der Waals surface area (Å²) < 4.78 is 11.2. The van der Waals surface area contributed by atoms with Gasteiger partial charge in [-0.2, -0.15) is 0 Å². The van der Waals surface area contributed by atoms with Gasteiger partial charge in [0.15, 0.2) is 5.54 Å². The van der Waals surface area contributed by atoms with Crippen molar-refractivity contribution in [3.8, 4) is 11.1 Å². The molecule has 0 bridgehead atoms. The molecule has 0 aromatic heterocycles. The monoisotopic (exact) mass is 542 g/mol. The van der Waals surface area contributed by atoms with Crippen LogP contribution in [0.3, 0.4) is 0 Å². The molecule has 1 fully saturated rings. The summed E-state index contributed by atoms with van der Waals surface area (Å²) in [5, 5.41) is 13.2. The molecule has 1 aliphatic carbocycles. The molecular weight excluding hydrogens is 508 g/mol. The molecule has 1 saturated heterocycles. The molecule has 5 rings (SSSR count). The second-order valence-electron chi connectivity index (χ2n) is 11.4. The highest BCUT2D eigenvalue weighted by Gasteiger charge is 2.61.